The number of rotatable bonds is 2. The maximum Gasteiger partial charge on any atom is 0.433 e. The van der Waals surface area contributed by atoms with Crippen molar-refractivity contribution in [1.82, 2.24) is 9.97 Å². The van der Waals surface area contributed by atoms with Crippen molar-refractivity contribution >= 4 is 16.7 Å². The molecule has 0 saturated carbocycles. The first-order valence-electron chi connectivity index (χ1n) is 9.99. The Morgan fingerprint density at radius 1 is 1.09 bits per heavy atom. The van der Waals surface area contributed by atoms with E-state index in [0.717, 1.165) is 12.1 Å². The largest absolute Gasteiger partial charge is 0.433 e. The number of aromatic amines is 1. The third kappa shape index (κ3) is 4.31. The molecule has 32 heavy (non-hydrogen) atoms. The second-order valence-electron chi connectivity index (χ2n) is 7.96. The highest BCUT2D eigenvalue weighted by atomic mass is 19.4. The number of hydrogen-bond acceptors (Lipinski definition) is 3. The van der Waals surface area contributed by atoms with Gasteiger partial charge in [-0.2, -0.15) is 13.2 Å². The predicted molar refractivity (Wildman–Crippen MR) is 109 cm³/mol. The van der Waals surface area contributed by atoms with Crippen molar-refractivity contribution < 1.29 is 26.3 Å². The molecule has 0 aliphatic carbocycles. The van der Waals surface area contributed by atoms with Gasteiger partial charge < -0.3 is 9.88 Å². The molecule has 0 unspecified atom stereocenters. The lowest BCUT2D eigenvalue weighted by Crippen LogP contribution is -2.28. The van der Waals surface area contributed by atoms with Gasteiger partial charge in [0.1, 0.15) is 17.3 Å². The van der Waals surface area contributed by atoms with E-state index in [1.807, 2.05) is 0 Å². The van der Waals surface area contributed by atoms with Crippen molar-refractivity contribution in [1.29, 1.82) is 0 Å². The monoisotopic (exact) mass is 455 g/mol. The van der Waals surface area contributed by atoms with Crippen LogP contribution in [0.3, 0.4) is 0 Å². The molecule has 1 aliphatic rings. The second kappa shape index (κ2) is 7.83. The van der Waals surface area contributed by atoms with Crippen LogP contribution in [0.5, 0.6) is 0 Å². The normalized spacial score (nSPS) is 16.9. The lowest BCUT2D eigenvalue weighted by molar-refractivity contribution is -0.141. The minimum Gasteiger partial charge on any atom is -0.356 e. The smallest absolute Gasteiger partial charge is 0.356 e. The van der Waals surface area contributed by atoms with Crippen LogP contribution in [0.25, 0.3) is 22.2 Å². The second-order valence-corrected chi connectivity index (χ2v) is 7.96. The highest BCUT2D eigenvalue weighted by Gasteiger charge is 2.37. The first-order chi connectivity index (χ1) is 14.9. The minimum atomic E-state index is -4.74. The number of fused-ring (bicyclic) bond motifs is 1. The molecule has 0 atom stereocenters. The van der Waals surface area contributed by atoms with E-state index in [4.69, 9.17) is 0 Å². The van der Waals surface area contributed by atoms with E-state index in [1.165, 1.54) is 30.0 Å². The predicted octanol–water partition coefficient (Wildman–Crippen LogP) is 5.68. The number of benzene rings is 1. The van der Waals surface area contributed by atoms with Gasteiger partial charge in [0, 0.05) is 42.9 Å². The van der Waals surface area contributed by atoms with E-state index in [-0.39, 0.29) is 59.5 Å². The van der Waals surface area contributed by atoms with Gasteiger partial charge in [-0.3, -0.25) is 4.79 Å². The van der Waals surface area contributed by atoms with Gasteiger partial charge in [-0.25, -0.2) is 18.2 Å². The summed E-state index contributed by atoms with van der Waals surface area (Å²) in [5.74, 6) is -3.66. The molecule has 0 radical (unpaired) electrons. The van der Waals surface area contributed by atoms with Crippen molar-refractivity contribution in [2.45, 2.75) is 38.3 Å². The van der Waals surface area contributed by atoms with Crippen molar-refractivity contribution in [3.05, 3.63) is 57.6 Å². The number of H-pyrrole nitrogens is 1. The van der Waals surface area contributed by atoms with Crippen LogP contribution >= 0.6 is 0 Å². The van der Waals surface area contributed by atoms with Gasteiger partial charge in [0.25, 0.3) is 0 Å². The summed E-state index contributed by atoms with van der Waals surface area (Å²) in [4.78, 5) is 20.7. The maximum absolute atomic E-state index is 13.9. The molecular weight excluding hydrogens is 436 g/mol. The molecule has 1 aromatic carbocycles. The lowest BCUT2D eigenvalue weighted by atomic mass is 10.0. The van der Waals surface area contributed by atoms with Crippen LogP contribution < -0.4 is 10.3 Å². The topological polar surface area (TPSA) is 49.0 Å². The number of nitrogens with one attached hydrogen (secondary N) is 1. The van der Waals surface area contributed by atoms with Gasteiger partial charge in [0.15, 0.2) is 5.43 Å². The summed E-state index contributed by atoms with van der Waals surface area (Å²) in [6.07, 6.45) is -5.57. The van der Waals surface area contributed by atoms with Crippen LogP contribution in [-0.4, -0.2) is 29.0 Å². The standard InChI is InChI=1S/C22H19F6N3O/c1-12-9-15(17-11-18(32)14-4-3-13(23)10-16(14)29-17)20(30-19(12)22(26,27)28)31-7-2-5-21(24,25)6-8-31/h3-4,9-11H,2,5-8H2,1H3,(H,29,32). The number of pyridine rings is 2. The number of halogens is 6. The molecule has 2 aromatic heterocycles. The van der Waals surface area contributed by atoms with Gasteiger partial charge >= 0.3 is 6.18 Å². The molecule has 0 spiro atoms. The Morgan fingerprint density at radius 2 is 1.84 bits per heavy atom. The number of nitrogens with zero attached hydrogens (tertiary/aromatic N) is 2. The molecule has 1 aliphatic heterocycles. The molecule has 170 valence electrons. The zero-order chi connectivity index (χ0) is 23.3. The number of anilines is 1. The Labute approximate surface area is 178 Å². The van der Waals surface area contributed by atoms with Crippen LogP contribution in [0.4, 0.5) is 32.2 Å². The Balaban J connectivity index is 1.92. The molecule has 1 saturated heterocycles. The highest BCUT2D eigenvalue weighted by Crippen LogP contribution is 2.38. The van der Waals surface area contributed by atoms with E-state index >= 15 is 0 Å². The van der Waals surface area contributed by atoms with Crippen molar-refractivity contribution in [3.63, 3.8) is 0 Å². The fourth-order valence-electron chi connectivity index (χ4n) is 3.98. The summed E-state index contributed by atoms with van der Waals surface area (Å²) >= 11 is 0. The third-order valence-corrected chi connectivity index (χ3v) is 5.56. The molecule has 0 amide bonds. The average molecular weight is 455 g/mol. The third-order valence-electron chi connectivity index (χ3n) is 5.56. The van der Waals surface area contributed by atoms with Gasteiger partial charge in [-0.15, -0.1) is 0 Å². The zero-order valence-electron chi connectivity index (χ0n) is 17.0. The minimum absolute atomic E-state index is 0.0722. The van der Waals surface area contributed by atoms with E-state index < -0.39 is 35.5 Å². The fraction of sp³-hybridized carbons (Fsp3) is 0.364. The first kappa shape index (κ1) is 22.2. The maximum atomic E-state index is 13.9. The summed E-state index contributed by atoms with van der Waals surface area (Å²) in [7, 11) is 0. The molecule has 1 N–H and O–H groups in total. The Hall–Kier alpha value is -3.04. The number of hydrogen-bond donors (Lipinski definition) is 1. The van der Waals surface area contributed by atoms with Crippen LogP contribution in [0.2, 0.25) is 0 Å². The summed E-state index contributed by atoms with van der Waals surface area (Å²) in [5.41, 5.74) is -1.32. The molecular formula is C22H19F6N3O. The Morgan fingerprint density at radius 3 is 2.56 bits per heavy atom. The molecule has 4 rings (SSSR count). The van der Waals surface area contributed by atoms with Crippen LogP contribution in [0.1, 0.15) is 30.5 Å². The van der Waals surface area contributed by atoms with Crippen LogP contribution in [0.15, 0.2) is 35.1 Å². The van der Waals surface area contributed by atoms with Crippen molar-refractivity contribution in [3.8, 4) is 11.3 Å². The Kier molecular flexibility index (Phi) is 5.42. The summed E-state index contributed by atoms with van der Waals surface area (Å²) in [6.45, 7) is 1.13. The SMILES string of the molecule is Cc1cc(-c2cc(=O)c3ccc(F)cc3[nH]2)c(N2CCCC(F)(F)CC2)nc1C(F)(F)F. The Bertz CT molecular complexity index is 1230. The molecule has 3 heterocycles. The van der Waals surface area contributed by atoms with Gasteiger partial charge in [0.2, 0.25) is 5.92 Å². The van der Waals surface area contributed by atoms with Gasteiger partial charge in [-0.05, 0) is 43.2 Å². The average Bonchev–Trinajstić information content (AvgIpc) is 2.87. The van der Waals surface area contributed by atoms with E-state index in [9.17, 15) is 31.1 Å². The summed E-state index contributed by atoms with van der Waals surface area (Å²) in [5, 5.41) is 0.211. The lowest BCUT2D eigenvalue weighted by Gasteiger charge is -2.26. The number of aryl methyl sites for hydroxylation is 1. The zero-order valence-corrected chi connectivity index (χ0v) is 17.0. The van der Waals surface area contributed by atoms with Crippen molar-refractivity contribution in [2.75, 3.05) is 18.0 Å². The van der Waals surface area contributed by atoms with E-state index in [2.05, 4.69) is 9.97 Å². The van der Waals surface area contributed by atoms with E-state index in [0.29, 0.717) is 0 Å². The molecule has 3 aromatic rings. The number of aromatic nitrogens is 2. The van der Waals surface area contributed by atoms with Crippen LogP contribution in [0, 0.1) is 12.7 Å². The molecule has 10 heteroatoms. The summed E-state index contributed by atoms with van der Waals surface area (Å²) < 4.78 is 82.1. The van der Waals surface area contributed by atoms with Crippen molar-refractivity contribution in [2.24, 2.45) is 0 Å². The molecule has 4 nitrogen and oxygen atoms in total. The first-order valence-corrected chi connectivity index (χ1v) is 9.99. The summed E-state index contributed by atoms with van der Waals surface area (Å²) in [6, 6.07) is 5.96. The highest BCUT2D eigenvalue weighted by molar-refractivity contribution is 5.84. The molecule has 0 bridgehead atoms. The van der Waals surface area contributed by atoms with E-state index in [1.54, 1.807) is 0 Å². The van der Waals surface area contributed by atoms with Crippen LogP contribution in [-0.2, 0) is 6.18 Å². The van der Waals surface area contributed by atoms with Gasteiger partial charge in [-0.1, -0.05) is 0 Å². The fourth-order valence-corrected chi connectivity index (χ4v) is 3.98. The molecule has 1 fully saturated rings. The quantitative estimate of drug-likeness (QED) is 0.506. The van der Waals surface area contributed by atoms with Gasteiger partial charge in [0.05, 0.1) is 11.2 Å². The number of alkyl halides is 5.